The van der Waals surface area contributed by atoms with Gasteiger partial charge in [-0.15, -0.1) is 0 Å². The van der Waals surface area contributed by atoms with E-state index < -0.39 is 0 Å². The predicted octanol–water partition coefficient (Wildman–Crippen LogP) is 2.15. The zero-order chi connectivity index (χ0) is 17.3. The highest BCUT2D eigenvalue weighted by Gasteiger charge is 2.30. The fraction of sp³-hybridized carbons (Fsp3) is 0.632. The van der Waals surface area contributed by atoms with Gasteiger partial charge in [0, 0.05) is 31.7 Å². The molecule has 0 N–H and O–H groups in total. The second-order valence-corrected chi connectivity index (χ2v) is 7.68. The lowest BCUT2D eigenvalue weighted by molar-refractivity contribution is -0.0746. The Kier molecular flexibility index (Phi) is 4.83. The van der Waals surface area contributed by atoms with Gasteiger partial charge in [-0.2, -0.15) is 0 Å². The summed E-state index contributed by atoms with van der Waals surface area (Å²) in [5.74, 6) is 0.886. The Morgan fingerprint density at radius 3 is 2.33 bits per heavy atom. The van der Waals surface area contributed by atoms with Crippen LogP contribution in [0.3, 0.4) is 0 Å². The van der Waals surface area contributed by atoms with Gasteiger partial charge in [0.2, 0.25) is 0 Å². The molecule has 1 aromatic carbocycles. The van der Waals surface area contributed by atoms with Gasteiger partial charge in [-0.1, -0.05) is 26.8 Å². The van der Waals surface area contributed by atoms with Crippen LogP contribution in [-0.2, 0) is 10.2 Å². The molecule has 0 spiro atoms. The van der Waals surface area contributed by atoms with Gasteiger partial charge >= 0.3 is 0 Å². The maximum absolute atomic E-state index is 12.8. The van der Waals surface area contributed by atoms with Crippen LogP contribution in [0, 0.1) is 0 Å². The van der Waals surface area contributed by atoms with Crippen LogP contribution >= 0.6 is 0 Å². The van der Waals surface area contributed by atoms with Crippen LogP contribution in [0.5, 0.6) is 5.75 Å². The molecule has 1 amide bonds. The molecular formula is C19H28N2O3. The number of piperazine rings is 1. The topological polar surface area (TPSA) is 42.0 Å². The van der Waals surface area contributed by atoms with Crippen molar-refractivity contribution in [2.75, 3.05) is 46.5 Å². The van der Waals surface area contributed by atoms with E-state index in [1.54, 1.807) is 7.11 Å². The number of rotatable bonds is 3. The highest BCUT2D eigenvalue weighted by Crippen LogP contribution is 2.32. The smallest absolute Gasteiger partial charge is 0.254 e. The van der Waals surface area contributed by atoms with Crippen LogP contribution in [0.1, 0.15) is 36.7 Å². The highest BCUT2D eigenvalue weighted by atomic mass is 16.5. The van der Waals surface area contributed by atoms with Crippen LogP contribution in [0.25, 0.3) is 0 Å². The van der Waals surface area contributed by atoms with E-state index in [4.69, 9.17) is 9.47 Å². The Morgan fingerprint density at radius 2 is 1.83 bits per heavy atom. The van der Waals surface area contributed by atoms with E-state index in [-0.39, 0.29) is 11.3 Å². The van der Waals surface area contributed by atoms with Crippen molar-refractivity contribution < 1.29 is 14.3 Å². The summed E-state index contributed by atoms with van der Waals surface area (Å²) < 4.78 is 10.8. The molecule has 2 fully saturated rings. The first-order valence-corrected chi connectivity index (χ1v) is 8.70. The van der Waals surface area contributed by atoms with Gasteiger partial charge in [0.15, 0.2) is 0 Å². The Hall–Kier alpha value is -1.59. The van der Waals surface area contributed by atoms with E-state index in [1.807, 2.05) is 23.1 Å². The average molecular weight is 332 g/mol. The molecule has 2 heterocycles. The number of benzene rings is 1. The molecule has 0 radical (unpaired) electrons. The van der Waals surface area contributed by atoms with E-state index in [9.17, 15) is 4.79 Å². The van der Waals surface area contributed by atoms with E-state index in [0.717, 1.165) is 50.7 Å². The van der Waals surface area contributed by atoms with Gasteiger partial charge in [0.1, 0.15) is 5.75 Å². The van der Waals surface area contributed by atoms with Crippen LogP contribution in [0.2, 0.25) is 0 Å². The molecule has 0 bridgehead atoms. The summed E-state index contributed by atoms with van der Waals surface area (Å²) in [7, 11) is 1.66. The fourth-order valence-electron chi connectivity index (χ4n) is 3.35. The highest BCUT2D eigenvalue weighted by molar-refractivity contribution is 5.95. The van der Waals surface area contributed by atoms with Gasteiger partial charge in [0.05, 0.1) is 26.4 Å². The quantitative estimate of drug-likeness (QED) is 0.851. The zero-order valence-electron chi connectivity index (χ0n) is 15.2. The number of amides is 1. The van der Waals surface area contributed by atoms with E-state index in [2.05, 4.69) is 25.7 Å². The van der Waals surface area contributed by atoms with Crippen LogP contribution in [0.4, 0.5) is 0 Å². The van der Waals surface area contributed by atoms with Crippen molar-refractivity contribution in [3.05, 3.63) is 29.3 Å². The Morgan fingerprint density at radius 1 is 1.17 bits per heavy atom. The number of hydrogen-bond acceptors (Lipinski definition) is 4. The summed E-state index contributed by atoms with van der Waals surface area (Å²) in [5.41, 5.74) is 1.82. The van der Waals surface area contributed by atoms with Gasteiger partial charge in [-0.25, -0.2) is 0 Å². The molecule has 2 saturated heterocycles. The zero-order valence-corrected chi connectivity index (χ0v) is 15.2. The molecule has 3 rings (SSSR count). The van der Waals surface area contributed by atoms with Gasteiger partial charge < -0.3 is 14.4 Å². The first-order chi connectivity index (χ1) is 11.4. The molecule has 132 valence electrons. The molecule has 2 aliphatic rings. The maximum Gasteiger partial charge on any atom is 0.254 e. The van der Waals surface area contributed by atoms with Gasteiger partial charge in [-0.05, 0) is 23.1 Å². The molecule has 5 nitrogen and oxygen atoms in total. The van der Waals surface area contributed by atoms with Crippen molar-refractivity contribution in [2.45, 2.75) is 32.2 Å². The van der Waals surface area contributed by atoms with Crippen LogP contribution < -0.4 is 4.74 Å². The normalized spacial score (nSPS) is 19.9. The molecule has 0 aliphatic carbocycles. The number of carbonyl (C=O) groups excluding carboxylic acids is 1. The van der Waals surface area contributed by atoms with Crippen molar-refractivity contribution in [1.82, 2.24) is 9.80 Å². The summed E-state index contributed by atoms with van der Waals surface area (Å²) in [6.07, 6.45) is 0. The van der Waals surface area contributed by atoms with Crippen LogP contribution in [0.15, 0.2) is 18.2 Å². The summed E-state index contributed by atoms with van der Waals surface area (Å²) in [4.78, 5) is 17.2. The number of ether oxygens (including phenoxy) is 2. The van der Waals surface area contributed by atoms with Crippen LogP contribution in [-0.4, -0.2) is 68.3 Å². The molecule has 0 aromatic heterocycles. The fourth-order valence-corrected chi connectivity index (χ4v) is 3.35. The minimum Gasteiger partial charge on any atom is -0.496 e. The SMILES string of the molecule is COc1cc(C(=O)N2CCN(C3COC3)CC2)ccc1C(C)(C)C. The molecule has 2 aliphatic heterocycles. The number of nitrogens with zero attached hydrogens (tertiary/aromatic N) is 2. The largest absolute Gasteiger partial charge is 0.496 e. The maximum atomic E-state index is 12.8. The first-order valence-electron chi connectivity index (χ1n) is 8.70. The molecule has 1 aromatic rings. The Labute approximate surface area is 144 Å². The summed E-state index contributed by atoms with van der Waals surface area (Å²) in [6.45, 7) is 11.5. The number of hydrogen-bond donors (Lipinski definition) is 0. The lowest BCUT2D eigenvalue weighted by Crippen LogP contribution is -2.57. The second kappa shape index (κ2) is 6.73. The van der Waals surface area contributed by atoms with Crippen molar-refractivity contribution in [3.63, 3.8) is 0 Å². The summed E-state index contributed by atoms with van der Waals surface area (Å²) in [5, 5.41) is 0. The van der Waals surface area contributed by atoms with Gasteiger partial charge in [-0.3, -0.25) is 9.69 Å². The summed E-state index contributed by atoms with van der Waals surface area (Å²) >= 11 is 0. The van der Waals surface area contributed by atoms with E-state index >= 15 is 0 Å². The minimum absolute atomic E-state index is 0.0105. The average Bonchev–Trinajstić information content (AvgIpc) is 2.52. The van der Waals surface area contributed by atoms with E-state index in [0.29, 0.717) is 11.6 Å². The molecule has 0 saturated carbocycles. The Balaban J connectivity index is 1.69. The third-order valence-corrected chi connectivity index (χ3v) is 4.99. The van der Waals surface area contributed by atoms with Crippen molar-refractivity contribution >= 4 is 5.91 Å². The molecule has 5 heteroatoms. The monoisotopic (exact) mass is 332 g/mol. The first kappa shape index (κ1) is 17.2. The minimum atomic E-state index is -0.0105. The molecule has 24 heavy (non-hydrogen) atoms. The lowest BCUT2D eigenvalue weighted by atomic mass is 9.85. The standard InChI is InChI=1S/C19H28N2O3/c1-19(2,3)16-6-5-14(11-17(16)23-4)18(22)21-9-7-20(8-10-21)15-12-24-13-15/h5-6,11,15H,7-10,12-13H2,1-4H3. The number of methoxy groups -OCH3 is 1. The van der Waals surface area contributed by atoms with E-state index in [1.165, 1.54) is 0 Å². The van der Waals surface area contributed by atoms with Crippen molar-refractivity contribution in [2.24, 2.45) is 0 Å². The molecular weight excluding hydrogens is 304 g/mol. The molecule has 0 unspecified atom stereocenters. The number of carbonyl (C=O) groups is 1. The Bertz CT molecular complexity index is 597. The third-order valence-electron chi connectivity index (χ3n) is 4.99. The van der Waals surface area contributed by atoms with Crippen molar-refractivity contribution in [1.29, 1.82) is 0 Å². The predicted molar refractivity (Wildman–Crippen MR) is 93.8 cm³/mol. The lowest BCUT2D eigenvalue weighted by Gasteiger charge is -2.42. The third kappa shape index (κ3) is 3.42. The summed E-state index contributed by atoms with van der Waals surface area (Å²) in [6, 6.07) is 6.38. The van der Waals surface area contributed by atoms with Crippen molar-refractivity contribution in [3.8, 4) is 5.75 Å². The second-order valence-electron chi connectivity index (χ2n) is 7.68. The molecule has 0 atom stereocenters. The van der Waals surface area contributed by atoms with Gasteiger partial charge in [0.25, 0.3) is 5.91 Å².